The number of benzene rings is 1. The molecule has 1 saturated heterocycles. The van der Waals surface area contributed by atoms with Crippen molar-refractivity contribution in [2.45, 2.75) is 30.4 Å². The van der Waals surface area contributed by atoms with Gasteiger partial charge in [0, 0.05) is 6.07 Å². The summed E-state index contributed by atoms with van der Waals surface area (Å²) in [6, 6.07) is 14.5. The van der Waals surface area contributed by atoms with Gasteiger partial charge in [0.15, 0.2) is 17.4 Å². The molecular weight excluding hydrogens is 371 g/mol. The Hall–Kier alpha value is -1.78. The van der Waals surface area contributed by atoms with Gasteiger partial charge in [-0.3, -0.25) is 0 Å². The molecule has 26 heavy (non-hydrogen) atoms. The van der Waals surface area contributed by atoms with Crippen molar-refractivity contribution >= 4 is 24.4 Å². The van der Waals surface area contributed by atoms with Crippen LogP contribution in [0.4, 0.5) is 23.1 Å². The van der Waals surface area contributed by atoms with Gasteiger partial charge in [0.2, 0.25) is 5.25 Å². The highest BCUT2D eigenvalue weighted by Crippen LogP contribution is 2.57. The maximum Gasteiger partial charge on any atom is 0.673 e. The van der Waals surface area contributed by atoms with Crippen LogP contribution in [0.3, 0.4) is 0 Å². The van der Waals surface area contributed by atoms with Gasteiger partial charge >= 0.3 is 13.1 Å². The monoisotopic (exact) mass is 386 g/mol. The number of halogens is 4. The molecule has 0 amide bonds. The fourth-order valence-corrected chi connectivity index (χ4v) is 5.47. The Kier molecular flexibility index (Phi) is 4.16. The van der Waals surface area contributed by atoms with Crippen LogP contribution in [0.5, 0.6) is 0 Å². The number of nitrogens with one attached hydrogen (secondary N) is 1. The van der Waals surface area contributed by atoms with Crippen molar-refractivity contribution in [3.8, 4) is 0 Å². The van der Waals surface area contributed by atoms with E-state index in [9.17, 15) is 21.8 Å². The molecule has 0 aliphatic carbocycles. The van der Waals surface area contributed by atoms with Gasteiger partial charge in [-0.2, -0.15) is 0 Å². The number of ether oxygens (including phenoxy) is 1. The van der Waals surface area contributed by atoms with Crippen LogP contribution >= 0.6 is 0 Å². The standard InChI is InChI=1S/C16H14N2O2S.BF4/c1-9-5-4-8-12-17-21(19)16-13(18(9)12)14-10-6-2-3-7-11(10)15(16)20-14;2-1(3,4)5/h2-8,13-16H,1H3;/q;-1/p+1/t13-,14+,15-,16-,21?;/m1./s1. The van der Waals surface area contributed by atoms with Gasteiger partial charge in [-0.1, -0.05) is 35.1 Å². The minimum Gasteiger partial charge on any atom is -0.577 e. The summed E-state index contributed by atoms with van der Waals surface area (Å²) in [5, 5.41) is -0.0245. The van der Waals surface area contributed by atoms with E-state index in [0.717, 1.165) is 5.82 Å². The zero-order valence-corrected chi connectivity index (χ0v) is 14.4. The predicted molar refractivity (Wildman–Crippen MR) is 89.2 cm³/mol. The first-order valence-corrected chi connectivity index (χ1v) is 9.27. The van der Waals surface area contributed by atoms with E-state index in [1.807, 2.05) is 18.2 Å². The average molecular weight is 386 g/mol. The summed E-state index contributed by atoms with van der Waals surface area (Å²) in [7, 11) is -6.00. The molecule has 4 nitrogen and oxygen atoms in total. The first-order valence-electron chi connectivity index (χ1n) is 8.05. The molecular formula is C16H15BF4N2O2S. The SMILES string of the molecule is Cc1cccc2[n+]1[C@H]1[C@H]([C@@H]3O[C@H]1c1ccccc13)[S+]([O-])N2.F[B-](F)(F)F. The Labute approximate surface area is 150 Å². The second-order valence-electron chi connectivity index (χ2n) is 6.38. The summed E-state index contributed by atoms with van der Waals surface area (Å²) >= 11 is -1.12. The average Bonchev–Trinajstić information content (AvgIpc) is 3.11. The number of pyridine rings is 1. The largest absolute Gasteiger partial charge is 0.673 e. The van der Waals surface area contributed by atoms with E-state index in [2.05, 4.69) is 40.5 Å². The summed E-state index contributed by atoms with van der Waals surface area (Å²) in [5.74, 6) is 0.920. The molecule has 5 rings (SSSR count). The number of nitrogens with zero attached hydrogens (tertiary/aromatic N) is 1. The molecule has 3 aliphatic heterocycles. The molecule has 1 aromatic heterocycles. The van der Waals surface area contributed by atoms with Crippen LogP contribution in [0.1, 0.15) is 35.1 Å². The molecule has 138 valence electrons. The Morgan fingerprint density at radius 2 is 1.65 bits per heavy atom. The van der Waals surface area contributed by atoms with Gasteiger partial charge in [-0.25, -0.2) is 4.57 Å². The predicted octanol–water partition coefficient (Wildman–Crippen LogP) is 3.41. The molecule has 5 atom stereocenters. The van der Waals surface area contributed by atoms with Crippen LogP contribution in [0.2, 0.25) is 0 Å². The third kappa shape index (κ3) is 2.85. The van der Waals surface area contributed by atoms with Crippen LogP contribution < -0.4 is 9.29 Å². The van der Waals surface area contributed by atoms with E-state index in [1.165, 1.54) is 16.8 Å². The van der Waals surface area contributed by atoms with Crippen molar-refractivity contribution in [1.29, 1.82) is 0 Å². The zero-order valence-electron chi connectivity index (χ0n) is 13.6. The maximum atomic E-state index is 12.7. The van der Waals surface area contributed by atoms with Crippen LogP contribution in [-0.2, 0) is 16.1 Å². The van der Waals surface area contributed by atoms with E-state index < -0.39 is 18.6 Å². The van der Waals surface area contributed by atoms with Crippen LogP contribution in [0, 0.1) is 6.92 Å². The Morgan fingerprint density at radius 3 is 2.31 bits per heavy atom. The van der Waals surface area contributed by atoms with Crippen LogP contribution in [0.25, 0.3) is 0 Å². The lowest BCUT2D eigenvalue weighted by atomic mass is 9.87. The molecule has 10 heteroatoms. The van der Waals surface area contributed by atoms with E-state index in [1.54, 1.807) is 0 Å². The van der Waals surface area contributed by atoms with Crippen molar-refractivity contribution in [3.63, 3.8) is 0 Å². The highest BCUT2D eigenvalue weighted by molar-refractivity contribution is 7.93. The van der Waals surface area contributed by atoms with E-state index in [0.29, 0.717) is 0 Å². The summed E-state index contributed by atoms with van der Waals surface area (Å²) in [4.78, 5) is 0. The molecule has 2 aromatic rings. The van der Waals surface area contributed by atoms with Gasteiger partial charge in [0.25, 0.3) is 0 Å². The van der Waals surface area contributed by atoms with Crippen molar-refractivity contribution in [3.05, 3.63) is 59.3 Å². The third-order valence-electron chi connectivity index (χ3n) is 4.83. The van der Waals surface area contributed by atoms with Crippen LogP contribution in [-0.4, -0.2) is 17.1 Å². The molecule has 2 bridgehead atoms. The minimum atomic E-state index is -6.00. The molecule has 1 fully saturated rings. The van der Waals surface area contributed by atoms with Crippen molar-refractivity contribution in [2.24, 2.45) is 0 Å². The van der Waals surface area contributed by atoms with Crippen molar-refractivity contribution in [2.75, 3.05) is 4.72 Å². The number of aryl methyl sites for hydroxylation is 1. The molecule has 1 aromatic carbocycles. The number of aromatic nitrogens is 1. The Morgan fingerprint density at radius 1 is 1.04 bits per heavy atom. The second-order valence-corrected chi connectivity index (χ2v) is 7.72. The summed E-state index contributed by atoms with van der Waals surface area (Å²) < 4.78 is 63.3. The number of rotatable bonds is 0. The van der Waals surface area contributed by atoms with E-state index in [-0.39, 0.29) is 23.5 Å². The molecule has 0 radical (unpaired) electrons. The summed E-state index contributed by atoms with van der Waals surface area (Å²) in [6.45, 7) is 2.09. The van der Waals surface area contributed by atoms with E-state index in [4.69, 9.17) is 4.74 Å². The minimum absolute atomic E-state index is 0.00657. The lowest BCUT2D eigenvalue weighted by Crippen LogP contribution is -2.59. The first-order chi connectivity index (χ1) is 12.3. The van der Waals surface area contributed by atoms with Crippen LogP contribution in [0.15, 0.2) is 42.5 Å². The molecule has 4 heterocycles. The maximum absolute atomic E-state index is 12.7. The van der Waals surface area contributed by atoms with E-state index >= 15 is 0 Å². The first kappa shape index (κ1) is 17.6. The number of fused-ring (bicyclic) bond motifs is 10. The molecule has 1 unspecified atom stereocenters. The number of hydrogen-bond acceptors (Lipinski definition) is 3. The number of anilines is 1. The van der Waals surface area contributed by atoms with Gasteiger partial charge < -0.3 is 26.6 Å². The molecule has 0 saturated carbocycles. The zero-order chi connectivity index (χ0) is 18.6. The summed E-state index contributed by atoms with van der Waals surface area (Å²) in [6.07, 6.45) is -0.0584. The van der Waals surface area contributed by atoms with Gasteiger partial charge in [0.05, 0.1) is 0 Å². The van der Waals surface area contributed by atoms with Gasteiger partial charge in [-0.15, -0.1) is 0 Å². The molecule has 1 N–H and O–H groups in total. The Balaban J connectivity index is 0.000000301. The lowest BCUT2D eigenvalue weighted by Gasteiger charge is -2.32. The smallest absolute Gasteiger partial charge is 0.577 e. The second kappa shape index (κ2) is 6.14. The fourth-order valence-electron chi connectivity index (χ4n) is 4.00. The highest BCUT2D eigenvalue weighted by atomic mass is 32.2. The normalized spacial score (nSPS) is 30.5. The van der Waals surface area contributed by atoms with Gasteiger partial charge in [0.1, 0.15) is 17.9 Å². The third-order valence-corrected chi connectivity index (χ3v) is 6.26. The highest BCUT2D eigenvalue weighted by Gasteiger charge is 2.65. The lowest BCUT2D eigenvalue weighted by molar-refractivity contribution is -0.719. The topological polar surface area (TPSA) is 48.2 Å². The Bertz CT molecular complexity index is 847. The van der Waals surface area contributed by atoms with Crippen molar-refractivity contribution in [1.82, 2.24) is 0 Å². The fraction of sp³-hybridized carbons (Fsp3) is 0.312. The summed E-state index contributed by atoms with van der Waals surface area (Å²) in [5.41, 5.74) is 3.63. The number of hydrogen-bond donors (Lipinski definition) is 1. The quantitative estimate of drug-likeness (QED) is 0.327. The van der Waals surface area contributed by atoms with Crippen molar-refractivity contribution < 1.29 is 31.1 Å². The molecule has 3 aliphatic rings. The molecule has 0 spiro atoms. The van der Waals surface area contributed by atoms with Gasteiger partial charge in [-0.05, 0) is 24.1 Å².